The van der Waals surface area contributed by atoms with Crippen LogP contribution in [0.1, 0.15) is 46.4 Å². The molecule has 0 saturated carbocycles. The summed E-state index contributed by atoms with van der Waals surface area (Å²) in [5, 5.41) is 20.6. The lowest BCUT2D eigenvalue weighted by Crippen LogP contribution is -2.60. The molecule has 3 aromatic rings. The predicted octanol–water partition coefficient (Wildman–Crippen LogP) is 1.69. The molecule has 2 aromatic heterocycles. The minimum atomic E-state index is -0.505. The second-order valence-electron chi connectivity index (χ2n) is 9.59. The highest BCUT2D eigenvalue weighted by Gasteiger charge is 2.39. The summed E-state index contributed by atoms with van der Waals surface area (Å²) >= 11 is 0. The van der Waals surface area contributed by atoms with Crippen LogP contribution in [0.4, 0.5) is 4.39 Å². The number of hydrogen-bond acceptors (Lipinski definition) is 8. The van der Waals surface area contributed by atoms with Crippen LogP contribution in [0.15, 0.2) is 30.7 Å². The molecule has 11 heteroatoms. The van der Waals surface area contributed by atoms with Crippen LogP contribution in [0.5, 0.6) is 0 Å². The number of tetrazole rings is 1. The molecule has 3 aliphatic rings. The predicted molar refractivity (Wildman–Crippen MR) is 124 cm³/mol. The zero-order valence-electron chi connectivity index (χ0n) is 19.8. The molecule has 1 aliphatic carbocycles. The van der Waals surface area contributed by atoms with E-state index in [0.29, 0.717) is 31.8 Å². The van der Waals surface area contributed by atoms with Crippen molar-refractivity contribution in [3.05, 3.63) is 64.5 Å². The Kier molecular flexibility index (Phi) is 5.70. The number of rotatable bonds is 3. The summed E-state index contributed by atoms with van der Waals surface area (Å²) in [6.45, 7) is 4.88. The Bertz CT molecular complexity index is 1350. The number of carbonyl (C=O) groups is 1. The fourth-order valence-corrected chi connectivity index (χ4v) is 5.68. The van der Waals surface area contributed by atoms with Gasteiger partial charge in [0.15, 0.2) is 0 Å². The first kappa shape index (κ1) is 22.7. The molecule has 0 radical (unpaired) electrons. The Morgan fingerprint density at radius 1 is 1.28 bits per heavy atom. The summed E-state index contributed by atoms with van der Waals surface area (Å²) in [4.78, 5) is 22.4. The first-order valence-corrected chi connectivity index (χ1v) is 12.1. The Morgan fingerprint density at radius 2 is 2.17 bits per heavy atom. The van der Waals surface area contributed by atoms with E-state index in [-0.39, 0.29) is 29.5 Å². The van der Waals surface area contributed by atoms with Gasteiger partial charge >= 0.3 is 0 Å². The van der Waals surface area contributed by atoms with E-state index in [1.165, 1.54) is 12.4 Å². The van der Waals surface area contributed by atoms with E-state index < -0.39 is 5.82 Å². The minimum absolute atomic E-state index is 0.0733. The molecular weight excluding hydrogens is 463 g/mol. The van der Waals surface area contributed by atoms with Gasteiger partial charge in [-0.1, -0.05) is 6.07 Å². The molecule has 3 unspecified atom stereocenters. The SMILES string of the molecule is Cc1c(C2CN3CCN(C(=O)C4CCc5cc(-n6cnnn6)cnc54)CC3CO2)ccc(F)c1C#N. The quantitative estimate of drug-likeness (QED) is 0.547. The van der Waals surface area contributed by atoms with E-state index in [0.717, 1.165) is 41.9 Å². The molecule has 184 valence electrons. The molecule has 10 nitrogen and oxygen atoms in total. The Labute approximate surface area is 207 Å². The molecule has 1 amide bonds. The highest BCUT2D eigenvalue weighted by atomic mass is 19.1. The second kappa shape index (κ2) is 9.04. The number of carbonyl (C=O) groups excluding carboxylic acids is 1. The van der Waals surface area contributed by atoms with Gasteiger partial charge in [0.1, 0.15) is 18.2 Å². The molecule has 2 aliphatic heterocycles. The third kappa shape index (κ3) is 3.83. The first-order valence-electron chi connectivity index (χ1n) is 12.1. The standard InChI is InChI=1S/C25H25FN8O2/c1-15-19(4-5-22(26)21(15)9-27)23-12-32-6-7-33(11-18(32)13-36-23)25(35)20-3-2-16-8-17(10-28-24(16)20)34-14-29-30-31-34/h4-5,8,10,14,18,20,23H,2-3,6-7,11-13H2,1H3. The monoisotopic (exact) mass is 488 g/mol. The van der Waals surface area contributed by atoms with Crippen molar-refractivity contribution in [2.24, 2.45) is 0 Å². The van der Waals surface area contributed by atoms with Crippen LogP contribution in [0.3, 0.4) is 0 Å². The van der Waals surface area contributed by atoms with Gasteiger partial charge < -0.3 is 9.64 Å². The normalized spacial score (nSPS) is 23.7. The van der Waals surface area contributed by atoms with Crippen LogP contribution in [-0.4, -0.2) is 79.7 Å². The topological polar surface area (TPSA) is 113 Å². The van der Waals surface area contributed by atoms with Crippen LogP contribution < -0.4 is 0 Å². The molecule has 0 N–H and O–H groups in total. The Balaban J connectivity index is 1.12. The van der Waals surface area contributed by atoms with Gasteiger partial charge in [-0.15, -0.1) is 5.10 Å². The van der Waals surface area contributed by atoms with Gasteiger partial charge in [0.2, 0.25) is 5.91 Å². The van der Waals surface area contributed by atoms with E-state index >= 15 is 0 Å². The lowest BCUT2D eigenvalue weighted by Gasteiger charge is -2.46. The summed E-state index contributed by atoms with van der Waals surface area (Å²) in [5.41, 5.74) is 4.25. The number of ether oxygens (including phenoxy) is 1. The van der Waals surface area contributed by atoms with Gasteiger partial charge in [-0.3, -0.25) is 14.7 Å². The largest absolute Gasteiger partial charge is 0.370 e. The number of aromatic nitrogens is 5. The number of amides is 1. The van der Waals surface area contributed by atoms with Crippen molar-refractivity contribution in [2.45, 2.75) is 37.8 Å². The zero-order valence-corrected chi connectivity index (χ0v) is 19.8. The average Bonchev–Trinajstić information content (AvgIpc) is 3.58. The second-order valence-corrected chi connectivity index (χ2v) is 9.59. The smallest absolute Gasteiger partial charge is 0.231 e. The van der Waals surface area contributed by atoms with Crippen LogP contribution >= 0.6 is 0 Å². The van der Waals surface area contributed by atoms with Crippen molar-refractivity contribution in [2.75, 3.05) is 32.8 Å². The van der Waals surface area contributed by atoms with Crippen molar-refractivity contribution >= 4 is 5.91 Å². The van der Waals surface area contributed by atoms with Gasteiger partial charge in [-0.2, -0.15) is 9.94 Å². The number of aryl methyl sites for hydroxylation is 1. The lowest BCUT2D eigenvalue weighted by atomic mass is 9.96. The summed E-state index contributed by atoms with van der Waals surface area (Å²) < 4.78 is 21.7. The van der Waals surface area contributed by atoms with E-state index in [1.807, 2.05) is 17.0 Å². The van der Waals surface area contributed by atoms with E-state index in [2.05, 4.69) is 25.4 Å². The van der Waals surface area contributed by atoms with Crippen LogP contribution in [-0.2, 0) is 16.0 Å². The maximum atomic E-state index is 14.0. The number of halogens is 1. The average molecular weight is 489 g/mol. The van der Waals surface area contributed by atoms with Gasteiger partial charge in [0, 0.05) is 26.2 Å². The number of nitriles is 1. The van der Waals surface area contributed by atoms with E-state index in [9.17, 15) is 14.4 Å². The van der Waals surface area contributed by atoms with Gasteiger partial charge in [0.25, 0.3) is 0 Å². The summed E-state index contributed by atoms with van der Waals surface area (Å²) in [7, 11) is 0. The number of morpholine rings is 1. The number of fused-ring (bicyclic) bond motifs is 2. The first-order chi connectivity index (χ1) is 17.5. The lowest BCUT2D eigenvalue weighted by molar-refractivity contribution is -0.141. The summed E-state index contributed by atoms with van der Waals surface area (Å²) in [6.07, 6.45) is 4.55. The number of pyridine rings is 1. The summed E-state index contributed by atoms with van der Waals surface area (Å²) in [6, 6.07) is 7.12. The van der Waals surface area contributed by atoms with Crippen LogP contribution in [0, 0.1) is 24.1 Å². The highest BCUT2D eigenvalue weighted by molar-refractivity contribution is 5.84. The molecule has 0 spiro atoms. The number of piperazine rings is 1. The number of benzene rings is 1. The number of nitrogens with zero attached hydrogens (tertiary/aromatic N) is 8. The molecule has 2 fully saturated rings. The molecule has 1 aromatic carbocycles. The van der Waals surface area contributed by atoms with Crippen molar-refractivity contribution in [1.29, 1.82) is 5.26 Å². The third-order valence-corrected chi connectivity index (χ3v) is 7.65. The molecule has 4 heterocycles. The molecule has 0 bridgehead atoms. The van der Waals surface area contributed by atoms with Crippen LogP contribution in [0.2, 0.25) is 0 Å². The molecule has 6 rings (SSSR count). The van der Waals surface area contributed by atoms with Crippen molar-refractivity contribution < 1.29 is 13.9 Å². The van der Waals surface area contributed by atoms with Gasteiger partial charge in [-0.05, 0) is 59.0 Å². The minimum Gasteiger partial charge on any atom is -0.370 e. The van der Waals surface area contributed by atoms with Gasteiger partial charge in [-0.25, -0.2) is 4.39 Å². The van der Waals surface area contributed by atoms with Crippen molar-refractivity contribution in [1.82, 2.24) is 35.0 Å². The van der Waals surface area contributed by atoms with E-state index in [4.69, 9.17) is 4.74 Å². The summed E-state index contributed by atoms with van der Waals surface area (Å²) in [5.74, 6) is -0.626. The van der Waals surface area contributed by atoms with Crippen LogP contribution in [0.25, 0.3) is 5.69 Å². The Hall–Kier alpha value is -3.75. The van der Waals surface area contributed by atoms with E-state index in [1.54, 1.807) is 23.9 Å². The molecule has 2 saturated heterocycles. The number of hydrogen-bond donors (Lipinski definition) is 0. The third-order valence-electron chi connectivity index (χ3n) is 7.65. The molecular formula is C25H25FN8O2. The maximum absolute atomic E-state index is 14.0. The van der Waals surface area contributed by atoms with Crippen molar-refractivity contribution in [3.63, 3.8) is 0 Å². The fourth-order valence-electron chi connectivity index (χ4n) is 5.68. The van der Waals surface area contributed by atoms with Gasteiger partial charge in [0.05, 0.1) is 47.8 Å². The zero-order chi connectivity index (χ0) is 24.8. The fraction of sp³-hybridized carbons (Fsp3) is 0.440. The maximum Gasteiger partial charge on any atom is 0.231 e. The van der Waals surface area contributed by atoms with Crippen molar-refractivity contribution in [3.8, 4) is 11.8 Å². The molecule has 3 atom stereocenters. The highest BCUT2D eigenvalue weighted by Crippen LogP contribution is 2.35. The molecule has 36 heavy (non-hydrogen) atoms. The Morgan fingerprint density at radius 3 is 2.97 bits per heavy atom.